The fourth-order valence-electron chi connectivity index (χ4n) is 1.66. The highest BCUT2D eigenvalue weighted by Gasteiger charge is 2.21. The maximum Gasteiger partial charge on any atom is 0.337 e. The van der Waals surface area contributed by atoms with E-state index in [0.717, 1.165) is 0 Å². The number of aliphatic hydroxyl groups excluding tert-OH is 2. The molecule has 3 N–H and O–H groups in total. The van der Waals surface area contributed by atoms with Gasteiger partial charge in [0.25, 0.3) is 0 Å². The second-order valence-electron chi connectivity index (χ2n) is 3.76. The molecule has 0 aliphatic carbocycles. The molecule has 0 aromatic heterocycles. The zero-order valence-electron chi connectivity index (χ0n) is 9.38. The summed E-state index contributed by atoms with van der Waals surface area (Å²) in [6.45, 7) is 1.06. The Hall–Kier alpha value is -1.72. The lowest BCUT2D eigenvalue weighted by Crippen LogP contribution is -2.15. The van der Waals surface area contributed by atoms with Crippen LogP contribution in [0.25, 0.3) is 0 Å². The van der Waals surface area contributed by atoms with Crippen molar-refractivity contribution in [1.29, 1.82) is 0 Å². The van der Waals surface area contributed by atoms with Gasteiger partial charge >= 0.3 is 5.97 Å². The molecule has 0 aliphatic rings. The molecule has 1 aromatic rings. The van der Waals surface area contributed by atoms with E-state index >= 15 is 0 Å². The Balaban J connectivity index is 3.28. The van der Waals surface area contributed by atoms with E-state index in [9.17, 15) is 14.7 Å². The number of carbonyl (C=O) groups excluding carboxylic acids is 1. The third-order valence-corrected chi connectivity index (χ3v) is 2.43. The summed E-state index contributed by atoms with van der Waals surface area (Å²) in [7, 11) is 0. The quantitative estimate of drug-likeness (QED) is 0.691. The Morgan fingerprint density at radius 2 is 2.00 bits per heavy atom. The first-order chi connectivity index (χ1) is 7.97. The minimum atomic E-state index is -1.68. The third kappa shape index (κ3) is 3.12. The molecule has 1 rings (SSSR count). The summed E-state index contributed by atoms with van der Waals surface area (Å²) >= 11 is 0. The van der Waals surface area contributed by atoms with Crippen LogP contribution in [0.3, 0.4) is 0 Å². The smallest absolute Gasteiger partial charge is 0.337 e. The molecule has 0 radical (unpaired) electrons. The lowest BCUT2D eigenvalue weighted by atomic mass is 9.94. The van der Waals surface area contributed by atoms with Crippen molar-refractivity contribution >= 4 is 11.8 Å². The standard InChI is InChI=1S/C12H14O5/c1-7(14)5-10-8(6-13)3-2-4-9(10)11(15)12(16)17/h2-4,11,13,15H,5-6H2,1H3,(H,16,17). The van der Waals surface area contributed by atoms with Crippen molar-refractivity contribution in [2.45, 2.75) is 26.1 Å². The molecule has 0 fully saturated rings. The van der Waals surface area contributed by atoms with Crippen LogP contribution >= 0.6 is 0 Å². The molecule has 0 spiro atoms. The van der Waals surface area contributed by atoms with E-state index in [1.54, 1.807) is 6.07 Å². The van der Waals surface area contributed by atoms with E-state index < -0.39 is 12.1 Å². The molecule has 1 atom stereocenters. The van der Waals surface area contributed by atoms with Gasteiger partial charge in [-0.2, -0.15) is 0 Å². The Labute approximate surface area is 98.3 Å². The average molecular weight is 238 g/mol. The molecule has 0 saturated carbocycles. The number of ketones is 1. The van der Waals surface area contributed by atoms with Gasteiger partial charge in [-0.1, -0.05) is 18.2 Å². The first-order valence-corrected chi connectivity index (χ1v) is 5.09. The monoisotopic (exact) mass is 238 g/mol. The maximum atomic E-state index is 11.1. The van der Waals surface area contributed by atoms with Crippen molar-refractivity contribution in [3.05, 3.63) is 34.9 Å². The first kappa shape index (κ1) is 13.3. The van der Waals surface area contributed by atoms with Gasteiger partial charge < -0.3 is 15.3 Å². The van der Waals surface area contributed by atoms with Crippen molar-refractivity contribution in [2.75, 3.05) is 0 Å². The Bertz CT molecular complexity index is 439. The highest BCUT2D eigenvalue weighted by molar-refractivity contribution is 5.81. The Morgan fingerprint density at radius 1 is 1.35 bits per heavy atom. The van der Waals surface area contributed by atoms with Crippen LogP contribution in [0.5, 0.6) is 0 Å². The van der Waals surface area contributed by atoms with Crippen LogP contribution in [0.4, 0.5) is 0 Å². The van der Waals surface area contributed by atoms with E-state index in [-0.39, 0.29) is 24.4 Å². The van der Waals surface area contributed by atoms with Crippen molar-refractivity contribution < 1.29 is 24.9 Å². The van der Waals surface area contributed by atoms with Crippen LogP contribution in [0.15, 0.2) is 18.2 Å². The average Bonchev–Trinajstić information content (AvgIpc) is 2.27. The van der Waals surface area contributed by atoms with Crippen LogP contribution in [-0.4, -0.2) is 27.1 Å². The molecular weight excluding hydrogens is 224 g/mol. The number of carboxylic acid groups (broad SMARTS) is 1. The SMILES string of the molecule is CC(=O)Cc1c(CO)cccc1C(O)C(=O)O. The molecule has 0 aliphatic heterocycles. The molecule has 0 amide bonds. The minimum Gasteiger partial charge on any atom is -0.479 e. The molecule has 17 heavy (non-hydrogen) atoms. The third-order valence-electron chi connectivity index (χ3n) is 2.43. The van der Waals surface area contributed by atoms with Crippen LogP contribution in [0, 0.1) is 0 Å². The predicted octanol–water partition coefficient (Wildman–Crippen LogP) is 0.428. The van der Waals surface area contributed by atoms with Gasteiger partial charge in [-0.15, -0.1) is 0 Å². The number of Topliss-reactive ketones (excluding diaryl/α,β-unsaturated/α-hetero) is 1. The van der Waals surface area contributed by atoms with Gasteiger partial charge in [-0.3, -0.25) is 4.79 Å². The summed E-state index contributed by atoms with van der Waals surface area (Å²) in [6, 6.07) is 4.57. The summed E-state index contributed by atoms with van der Waals surface area (Å²) in [5.74, 6) is -1.55. The van der Waals surface area contributed by atoms with E-state index in [2.05, 4.69) is 0 Å². The summed E-state index contributed by atoms with van der Waals surface area (Å²) < 4.78 is 0. The molecule has 5 heteroatoms. The number of aliphatic hydroxyl groups is 2. The second kappa shape index (κ2) is 5.56. The van der Waals surface area contributed by atoms with Crippen molar-refractivity contribution in [2.24, 2.45) is 0 Å². The summed E-state index contributed by atoms with van der Waals surface area (Å²) in [5.41, 5.74) is 0.995. The topological polar surface area (TPSA) is 94.8 Å². The zero-order chi connectivity index (χ0) is 13.0. The van der Waals surface area contributed by atoms with Crippen LogP contribution < -0.4 is 0 Å². The summed E-state index contributed by atoms with van der Waals surface area (Å²) in [4.78, 5) is 21.9. The van der Waals surface area contributed by atoms with Gasteiger partial charge in [-0.05, 0) is 23.6 Å². The minimum absolute atomic E-state index is 0.00356. The largest absolute Gasteiger partial charge is 0.479 e. The number of rotatable bonds is 5. The zero-order valence-corrected chi connectivity index (χ0v) is 9.38. The van der Waals surface area contributed by atoms with Gasteiger partial charge in [0.1, 0.15) is 5.78 Å². The molecule has 0 bridgehead atoms. The highest BCUT2D eigenvalue weighted by Crippen LogP contribution is 2.23. The van der Waals surface area contributed by atoms with Crippen LogP contribution in [0.1, 0.15) is 29.7 Å². The van der Waals surface area contributed by atoms with Crippen LogP contribution in [0.2, 0.25) is 0 Å². The second-order valence-corrected chi connectivity index (χ2v) is 3.76. The number of hydrogen-bond acceptors (Lipinski definition) is 4. The highest BCUT2D eigenvalue weighted by atomic mass is 16.4. The molecular formula is C12H14O5. The normalized spacial score (nSPS) is 12.2. The Kier molecular flexibility index (Phi) is 4.37. The fraction of sp³-hybridized carbons (Fsp3) is 0.333. The molecule has 0 saturated heterocycles. The number of hydrogen-bond donors (Lipinski definition) is 3. The van der Waals surface area contributed by atoms with Gasteiger partial charge in [0.05, 0.1) is 6.61 Å². The summed E-state index contributed by atoms with van der Waals surface area (Å²) in [5, 5.41) is 27.4. The van der Waals surface area contributed by atoms with Crippen LogP contribution in [-0.2, 0) is 22.6 Å². The number of benzene rings is 1. The predicted molar refractivity (Wildman–Crippen MR) is 59.3 cm³/mol. The lowest BCUT2D eigenvalue weighted by Gasteiger charge is -2.14. The number of carbonyl (C=O) groups is 2. The fourth-order valence-corrected chi connectivity index (χ4v) is 1.66. The molecule has 5 nitrogen and oxygen atoms in total. The van der Waals surface area contributed by atoms with E-state index in [1.807, 2.05) is 0 Å². The Morgan fingerprint density at radius 3 is 2.47 bits per heavy atom. The van der Waals surface area contributed by atoms with Crippen molar-refractivity contribution in [3.8, 4) is 0 Å². The van der Waals surface area contributed by atoms with Crippen molar-refractivity contribution in [3.63, 3.8) is 0 Å². The van der Waals surface area contributed by atoms with E-state index in [4.69, 9.17) is 10.2 Å². The number of carboxylic acids is 1. The van der Waals surface area contributed by atoms with Crippen molar-refractivity contribution in [1.82, 2.24) is 0 Å². The first-order valence-electron chi connectivity index (χ1n) is 5.09. The van der Waals surface area contributed by atoms with Gasteiger partial charge in [0, 0.05) is 6.42 Å². The van der Waals surface area contributed by atoms with Gasteiger partial charge in [0.2, 0.25) is 0 Å². The molecule has 0 heterocycles. The van der Waals surface area contributed by atoms with E-state index in [0.29, 0.717) is 11.1 Å². The number of aliphatic carboxylic acids is 1. The maximum absolute atomic E-state index is 11.1. The summed E-state index contributed by atoms with van der Waals surface area (Å²) in [6.07, 6.45) is -1.69. The van der Waals surface area contributed by atoms with Gasteiger partial charge in [-0.25, -0.2) is 4.79 Å². The van der Waals surface area contributed by atoms with E-state index in [1.165, 1.54) is 19.1 Å². The van der Waals surface area contributed by atoms with Gasteiger partial charge in [0.15, 0.2) is 6.10 Å². The molecule has 92 valence electrons. The lowest BCUT2D eigenvalue weighted by molar-refractivity contribution is -0.147. The molecule has 1 aromatic carbocycles. The molecule has 1 unspecified atom stereocenters.